The summed E-state index contributed by atoms with van der Waals surface area (Å²) in [6.07, 6.45) is 7.26. The van der Waals surface area contributed by atoms with E-state index >= 15 is 0 Å². The van der Waals surface area contributed by atoms with E-state index in [1.807, 2.05) is 11.8 Å². The lowest BCUT2D eigenvalue weighted by molar-refractivity contribution is -0.138. The van der Waals surface area contributed by atoms with Crippen LogP contribution in [0, 0.1) is 6.92 Å². The summed E-state index contributed by atoms with van der Waals surface area (Å²) in [6.45, 7) is 4.14. The summed E-state index contributed by atoms with van der Waals surface area (Å²) >= 11 is 0. The van der Waals surface area contributed by atoms with Gasteiger partial charge in [-0.15, -0.1) is 0 Å². The van der Waals surface area contributed by atoms with Crippen LogP contribution >= 0.6 is 0 Å². The van der Waals surface area contributed by atoms with E-state index in [1.54, 1.807) is 12.4 Å². The van der Waals surface area contributed by atoms with Gasteiger partial charge in [-0.05, 0) is 69.2 Å². The van der Waals surface area contributed by atoms with Crippen molar-refractivity contribution in [2.75, 3.05) is 50.5 Å². The molecule has 192 valence electrons. The summed E-state index contributed by atoms with van der Waals surface area (Å²) in [5.74, 6) is 0.277. The zero-order valence-electron chi connectivity index (χ0n) is 20.7. The summed E-state index contributed by atoms with van der Waals surface area (Å²) < 4.78 is 19.3. The molecular formula is C25H37FN6O3. The Balaban J connectivity index is 1.50. The van der Waals surface area contributed by atoms with Crippen LogP contribution in [0.1, 0.15) is 42.5 Å². The molecule has 0 bridgehead atoms. The number of aliphatic carboxylic acids is 1. The minimum Gasteiger partial charge on any atom is -0.480 e. The minimum absolute atomic E-state index is 0.0142. The third-order valence-corrected chi connectivity index (χ3v) is 6.03. The van der Waals surface area contributed by atoms with Crippen LogP contribution in [-0.4, -0.2) is 83.0 Å². The summed E-state index contributed by atoms with van der Waals surface area (Å²) in [5, 5.41) is 15.9. The summed E-state index contributed by atoms with van der Waals surface area (Å²) in [4.78, 5) is 26.8. The number of hydrogen-bond donors (Lipinski definition) is 3. The number of fused-ring (bicyclic) bond motifs is 1. The number of ether oxygens (including phenoxy) is 1. The average molecular weight is 489 g/mol. The Morgan fingerprint density at radius 3 is 2.83 bits per heavy atom. The first-order valence-corrected chi connectivity index (χ1v) is 12.3. The zero-order chi connectivity index (χ0) is 25.0. The van der Waals surface area contributed by atoms with Gasteiger partial charge in [-0.2, -0.15) is 0 Å². The molecule has 35 heavy (non-hydrogen) atoms. The number of rotatable bonds is 15. The Morgan fingerprint density at radius 2 is 2.09 bits per heavy atom. The molecule has 3 N–H and O–H groups in total. The highest BCUT2D eigenvalue weighted by molar-refractivity contribution is 5.76. The molecule has 1 unspecified atom stereocenters. The molecule has 0 saturated heterocycles. The molecule has 2 aromatic heterocycles. The van der Waals surface area contributed by atoms with Crippen LogP contribution in [0.5, 0.6) is 0 Å². The van der Waals surface area contributed by atoms with Crippen LogP contribution in [0.25, 0.3) is 0 Å². The van der Waals surface area contributed by atoms with E-state index in [-0.39, 0.29) is 19.1 Å². The van der Waals surface area contributed by atoms with E-state index in [1.165, 1.54) is 12.7 Å². The average Bonchev–Trinajstić information content (AvgIpc) is 2.85. The lowest BCUT2D eigenvalue weighted by Crippen LogP contribution is -2.39. The highest BCUT2D eigenvalue weighted by Crippen LogP contribution is 2.20. The normalized spacial score (nSPS) is 14.7. The number of nitrogens with zero attached hydrogens (tertiary/aromatic N) is 4. The van der Waals surface area contributed by atoms with E-state index in [0.29, 0.717) is 19.5 Å². The summed E-state index contributed by atoms with van der Waals surface area (Å²) in [5.41, 5.74) is 3.22. The molecule has 0 saturated carbocycles. The number of methoxy groups -OCH3 is 1. The van der Waals surface area contributed by atoms with Crippen LogP contribution in [0.4, 0.5) is 16.2 Å². The SMILES string of the molecule is COC[C@@H](F)CN(CCCCc1ccc2c(n1)NCCC2)CCC(Nc1ncc(C)cn1)C(=O)O. The van der Waals surface area contributed by atoms with E-state index < -0.39 is 18.2 Å². The molecule has 2 aromatic rings. The number of alkyl halides is 1. The number of carboxylic acid groups (broad SMARTS) is 1. The van der Waals surface area contributed by atoms with Gasteiger partial charge in [0.15, 0.2) is 0 Å². The Labute approximate surface area is 206 Å². The maximum Gasteiger partial charge on any atom is 0.326 e. The highest BCUT2D eigenvalue weighted by atomic mass is 19.1. The van der Waals surface area contributed by atoms with Crippen molar-refractivity contribution in [3.05, 3.63) is 41.3 Å². The molecule has 1 aliphatic rings. The number of carboxylic acids is 1. The van der Waals surface area contributed by atoms with Crippen molar-refractivity contribution in [2.24, 2.45) is 0 Å². The summed E-state index contributed by atoms with van der Waals surface area (Å²) in [7, 11) is 1.48. The first kappa shape index (κ1) is 26.7. The first-order valence-electron chi connectivity index (χ1n) is 12.3. The minimum atomic E-state index is -1.13. The Bertz CT molecular complexity index is 930. The van der Waals surface area contributed by atoms with Crippen molar-refractivity contribution in [1.82, 2.24) is 19.9 Å². The van der Waals surface area contributed by atoms with Crippen molar-refractivity contribution < 1.29 is 19.0 Å². The molecular weight excluding hydrogens is 451 g/mol. The number of unbranched alkanes of at least 4 members (excludes halogenated alkanes) is 1. The zero-order valence-corrected chi connectivity index (χ0v) is 20.7. The van der Waals surface area contributed by atoms with E-state index in [0.717, 1.165) is 55.7 Å². The van der Waals surface area contributed by atoms with Gasteiger partial charge in [0.05, 0.1) is 6.61 Å². The number of halogens is 1. The number of carbonyl (C=O) groups is 1. The fourth-order valence-corrected chi connectivity index (χ4v) is 4.15. The Kier molecular flexibility index (Phi) is 10.6. The topological polar surface area (TPSA) is 113 Å². The second-order valence-electron chi connectivity index (χ2n) is 9.06. The van der Waals surface area contributed by atoms with E-state index in [9.17, 15) is 14.3 Å². The van der Waals surface area contributed by atoms with Gasteiger partial charge in [0.25, 0.3) is 0 Å². The molecule has 1 aliphatic heterocycles. The van der Waals surface area contributed by atoms with Gasteiger partial charge >= 0.3 is 5.97 Å². The fraction of sp³-hybridized carbons (Fsp3) is 0.600. The maximum absolute atomic E-state index is 14.3. The molecule has 3 rings (SSSR count). The van der Waals surface area contributed by atoms with E-state index in [4.69, 9.17) is 9.72 Å². The third kappa shape index (κ3) is 9.03. The molecule has 3 heterocycles. The van der Waals surface area contributed by atoms with Crippen molar-refractivity contribution >= 4 is 17.7 Å². The molecule has 10 heteroatoms. The third-order valence-electron chi connectivity index (χ3n) is 6.03. The molecule has 0 fully saturated rings. The van der Waals surface area contributed by atoms with Gasteiger partial charge in [-0.25, -0.2) is 24.1 Å². The Morgan fingerprint density at radius 1 is 1.29 bits per heavy atom. The number of anilines is 2. The number of aromatic nitrogens is 3. The molecule has 2 atom stereocenters. The van der Waals surface area contributed by atoms with Crippen molar-refractivity contribution in [3.8, 4) is 0 Å². The quantitative estimate of drug-likeness (QED) is 0.326. The molecule has 0 aliphatic carbocycles. The standard InChI is InChI=1S/C25H37FN6O3/c1-18-14-28-25(29-15-18)31-22(24(33)34)10-13-32(16-20(26)17-35-2)12-4-3-7-21-9-8-19-6-5-11-27-23(19)30-21/h8-9,14-15,20,22H,3-7,10-13,16-17H2,1-2H3,(H,27,30)(H,33,34)(H,28,29,31)/t20-,22?/m0/s1. The lowest BCUT2D eigenvalue weighted by Gasteiger charge is -2.25. The lowest BCUT2D eigenvalue weighted by atomic mass is 10.1. The maximum atomic E-state index is 14.3. The second-order valence-corrected chi connectivity index (χ2v) is 9.06. The van der Waals surface area contributed by atoms with E-state index in [2.05, 4.69) is 32.7 Å². The van der Waals surface area contributed by atoms with Gasteiger partial charge in [0.2, 0.25) is 5.95 Å². The van der Waals surface area contributed by atoms with Gasteiger partial charge in [-0.3, -0.25) is 0 Å². The van der Waals surface area contributed by atoms with Crippen LogP contribution < -0.4 is 10.6 Å². The fourth-order valence-electron chi connectivity index (χ4n) is 4.15. The number of pyridine rings is 1. The first-order chi connectivity index (χ1) is 16.9. The molecule has 0 radical (unpaired) electrons. The van der Waals surface area contributed by atoms with Gasteiger partial charge in [0, 0.05) is 44.8 Å². The van der Waals surface area contributed by atoms with Crippen LogP contribution in [0.15, 0.2) is 24.5 Å². The number of nitrogens with one attached hydrogen (secondary N) is 2. The van der Waals surface area contributed by atoms with Crippen molar-refractivity contribution in [1.29, 1.82) is 0 Å². The van der Waals surface area contributed by atoms with Crippen LogP contribution in [0.3, 0.4) is 0 Å². The monoisotopic (exact) mass is 488 g/mol. The van der Waals surface area contributed by atoms with Gasteiger partial charge < -0.3 is 25.4 Å². The second kappa shape index (κ2) is 13.9. The molecule has 9 nitrogen and oxygen atoms in total. The van der Waals surface area contributed by atoms with Crippen LogP contribution in [-0.2, 0) is 22.4 Å². The number of aryl methyl sites for hydroxylation is 3. The summed E-state index contributed by atoms with van der Waals surface area (Å²) in [6, 6.07) is 3.38. The number of hydrogen-bond acceptors (Lipinski definition) is 8. The molecule has 0 amide bonds. The molecule has 0 aromatic carbocycles. The van der Waals surface area contributed by atoms with Gasteiger partial charge in [0.1, 0.15) is 18.0 Å². The largest absolute Gasteiger partial charge is 0.480 e. The van der Waals surface area contributed by atoms with Crippen molar-refractivity contribution in [3.63, 3.8) is 0 Å². The highest BCUT2D eigenvalue weighted by Gasteiger charge is 2.21. The predicted molar refractivity (Wildman–Crippen MR) is 134 cm³/mol. The van der Waals surface area contributed by atoms with Crippen LogP contribution in [0.2, 0.25) is 0 Å². The van der Waals surface area contributed by atoms with Crippen molar-refractivity contribution in [2.45, 2.75) is 57.7 Å². The molecule has 0 spiro atoms. The predicted octanol–water partition coefficient (Wildman–Crippen LogP) is 3.10. The van der Waals surface area contributed by atoms with Gasteiger partial charge in [-0.1, -0.05) is 6.07 Å². The Hall–Kier alpha value is -2.85. The smallest absolute Gasteiger partial charge is 0.326 e.